The maximum absolute atomic E-state index is 13.9. The molecule has 39 heavy (non-hydrogen) atoms. The molecule has 1 aliphatic rings. The van der Waals surface area contributed by atoms with E-state index in [1.54, 1.807) is 29.4 Å². The molecule has 0 aliphatic heterocycles. The molecule has 0 amide bonds. The van der Waals surface area contributed by atoms with Crippen LogP contribution < -0.4 is 5.32 Å². The van der Waals surface area contributed by atoms with E-state index >= 15 is 0 Å². The Morgan fingerprint density at radius 1 is 1.18 bits per heavy atom. The SMILES string of the molecule is Cc1sc(SN(C)C[C@H](O)CNC(C)(C)CC2Cc3ccccc3C2)cc1-c1ccc(F)cc1CCC(=O)O. The number of thiophene rings is 1. The summed E-state index contributed by atoms with van der Waals surface area (Å²) in [7, 11) is 1.97. The number of benzene rings is 2. The van der Waals surface area contributed by atoms with Gasteiger partial charge in [0.05, 0.1) is 10.3 Å². The van der Waals surface area contributed by atoms with Gasteiger partial charge in [0.25, 0.3) is 0 Å². The van der Waals surface area contributed by atoms with Crippen LogP contribution in [0.5, 0.6) is 0 Å². The van der Waals surface area contributed by atoms with Crippen LogP contribution in [-0.2, 0) is 24.1 Å². The summed E-state index contributed by atoms with van der Waals surface area (Å²) in [6.45, 7) is 7.50. The molecule has 5 nitrogen and oxygen atoms in total. The van der Waals surface area contributed by atoms with Gasteiger partial charge < -0.3 is 15.5 Å². The summed E-state index contributed by atoms with van der Waals surface area (Å²) in [4.78, 5) is 12.2. The van der Waals surface area contributed by atoms with Crippen molar-refractivity contribution in [3.05, 3.63) is 75.9 Å². The van der Waals surface area contributed by atoms with Crippen molar-refractivity contribution >= 4 is 29.3 Å². The van der Waals surface area contributed by atoms with E-state index in [-0.39, 0.29) is 24.2 Å². The number of likely N-dealkylation sites (N-methyl/N-ethyl adjacent to an activating group) is 1. The van der Waals surface area contributed by atoms with Gasteiger partial charge in [-0.3, -0.25) is 4.79 Å². The number of carboxylic acids is 1. The van der Waals surface area contributed by atoms with Gasteiger partial charge in [-0.15, -0.1) is 11.3 Å². The van der Waals surface area contributed by atoms with Crippen molar-refractivity contribution in [1.82, 2.24) is 9.62 Å². The molecule has 1 aliphatic carbocycles. The van der Waals surface area contributed by atoms with E-state index in [1.165, 1.54) is 23.3 Å². The molecule has 1 aromatic heterocycles. The molecule has 0 unspecified atom stereocenters. The van der Waals surface area contributed by atoms with Crippen molar-refractivity contribution < 1.29 is 19.4 Å². The lowest BCUT2D eigenvalue weighted by molar-refractivity contribution is -0.136. The summed E-state index contributed by atoms with van der Waals surface area (Å²) < 4.78 is 17.0. The van der Waals surface area contributed by atoms with Gasteiger partial charge in [0.15, 0.2) is 0 Å². The smallest absolute Gasteiger partial charge is 0.303 e. The number of hydrogen-bond donors (Lipinski definition) is 3. The molecule has 0 bridgehead atoms. The average molecular weight is 571 g/mol. The van der Waals surface area contributed by atoms with Crippen molar-refractivity contribution in [2.45, 2.75) is 68.7 Å². The van der Waals surface area contributed by atoms with E-state index in [0.717, 1.165) is 39.5 Å². The fraction of sp³-hybridized carbons (Fsp3) is 0.452. The van der Waals surface area contributed by atoms with Crippen LogP contribution in [0.15, 0.2) is 52.7 Å². The van der Waals surface area contributed by atoms with E-state index in [9.17, 15) is 14.3 Å². The van der Waals surface area contributed by atoms with Crippen molar-refractivity contribution in [3.8, 4) is 11.1 Å². The van der Waals surface area contributed by atoms with Crippen LogP contribution in [0.4, 0.5) is 4.39 Å². The second kappa shape index (κ2) is 13.0. The molecule has 1 heterocycles. The van der Waals surface area contributed by atoms with Crippen LogP contribution in [0.1, 0.15) is 48.3 Å². The third-order valence-electron chi connectivity index (χ3n) is 7.33. The minimum atomic E-state index is -0.898. The molecular formula is C31H39FN2O3S2. The van der Waals surface area contributed by atoms with Gasteiger partial charge in [0.2, 0.25) is 0 Å². The zero-order chi connectivity index (χ0) is 28.2. The summed E-state index contributed by atoms with van der Waals surface area (Å²) in [5, 5.41) is 23.5. The van der Waals surface area contributed by atoms with E-state index < -0.39 is 12.1 Å². The number of hydrogen-bond acceptors (Lipinski definition) is 6. The molecular weight excluding hydrogens is 531 g/mol. The first-order valence-electron chi connectivity index (χ1n) is 13.5. The molecule has 0 saturated carbocycles. The Hall–Kier alpha value is -2.23. The van der Waals surface area contributed by atoms with Crippen LogP contribution in [0, 0.1) is 18.7 Å². The first kappa shape index (κ1) is 29.7. The number of carboxylic acid groups (broad SMARTS) is 1. The quantitative estimate of drug-likeness (QED) is 0.208. The van der Waals surface area contributed by atoms with Gasteiger partial charge in [-0.2, -0.15) is 0 Å². The molecule has 0 saturated heterocycles. The zero-order valence-electron chi connectivity index (χ0n) is 23.2. The molecule has 3 N–H and O–H groups in total. The molecule has 3 aromatic rings. The van der Waals surface area contributed by atoms with Crippen LogP contribution >= 0.6 is 23.3 Å². The highest BCUT2D eigenvalue weighted by Gasteiger charge is 2.28. The number of halogens is 1. The molecule has 1 atom stereocenters. The second-order valence-corrected chi connectivity index (χ2v) is 14.1. The van der Waals surface area contributed by atoms with Gasteiger partial charge in [0.1, 0.15) is 5.82 Å². The fourth-order valence-corrected chi connectivity index (χ4v) is 7.96. The number of carbonyl (C=O) groups is 1. The number of fused-ring (bicyclic) bond motifs is 1. The molecule has 2 aromatic carbocycles. The number of rotatable bonds is 13. The molecule has 210 valence electrons. The van der Waals surface area contributed by atoms with Gasteiger partial charge in [-0.05, 0) is 117 Å². The van der Waals surface area contributed by atoms with Gasteiger partial charge in [0, 0.05) is 29.9 Å². The average Bonchev–Trinajstić information content (AvgIpc) is 3.43. The van der Waals surface area contributed by atoms with Crippen LogP contribution in [0.25, 0.3) is 11.1 Å². The molecule has 8 heteroatoms. The van der Waals surface area contributed by atoms with Gasteiger partial charge in [-0.1, -0.05) is 30.3 Å². The lowest BCUT2D eigenvalue weighted by Gasteiger charge is -2.31. The van der Waals surface area contributed by atoms with Crippen molar-refractivity contribution in [2.24, 2.45) is 5.92 Å². The van der Waals surface area contributed by atoms with E-state index in [1.807, 2.05) is 18.3 Å². The van der Waals surface area contributed by atoms with Crippen LogP contribution in [0.2, 0.25) is 0 Å². The second-order valence-electron chi connectivity index (χ2n) is 11.3. The monoisotopic (exact) mass is 570 g/mol. The lowest BCUT2D eigenvalue weighted by Crippen LogP contribution is -2.46. The van der Waals surface area contributed by atoms with Crippen LogP contribution in [-0.4, -0.2) is 52.3 Å². The highest BCUT2D eigenvalue weighted by atomic mass is 32.2. The van der Waals surface area contributed by atoms with E-state index in [0.29, 0.717) is 24.6 Å². The Morgan fingerprint density at radius 2 is 1.87 bits per heavy atom. The van der Waals surface area contributed by atoms with Crippen LogP contribution in [0.3, 0.4) is 0 Å². The first-order chi connectivity index (χ1) is 18.5. The summed E-state index contributed by atoms with van der Waals surface area (Å²) in [5.41, 5.74) is 5.45. The predicted molar refractivity (Wildman–Crippen MR) is 159 cm³/mol. The fourth-order valence-electron chi connectivity index (χ4n) is 5.58. The molecule has 4 rings (SSSR count). The third-order valence-corrected chi connectivity index (χ3v) is 9.40. The summed E-state index contributed by atoms with van der Waals surface area (Å²) in [5.74, 6) is -0.631. The Bertz CT molecular complexity index is 1270. The van der Waals surface area contributed by atoms with Gasteiger partial charge in [-0.25, -0.2) is 8.70 Å². The highest BCUT2D eigenvalue weighted by Crippen LogP contribution is 2.39. The van der Waals surface area contributed by atoms with Crippen molar-refractivity contribution in [3.63, 3.8) is 0 Å². The first-order valence-corrected chi connectivity index (χ1v) is 15.1. The summed E-state index contributed by atoms with van der Waals surface area (Å²) in [6.07, 6.45) is 3.05. The number of β-amino-alcohol motifs (C(OH)–C–C–N with tert-alkyl or cyclic N) is 1. The number of aliphatic hydroxyl groups is 1. The normalized spacial score (nSPS) is 14.6. The summed E-state index contributed by atoms with van der Waals surface area (Å²) >= 11 is 3.22. The minimum absolute atomic E-state index is 0.0407. The predicted octanol–water partition coefficient (Wildman–Crippen LogP) is 6.35. The molecule has 0 fully saturated rings. The van der Waals surface area contributed by atoms with Crippen molar-refractivity contribution in [1.29, 1.82) is 0 Å². The number of nitrogens with zero attached hydrogens (tertiary/aromatic N) is 1. The maximum Gasteiger partial charge on any atom is 0.303 e. The number of aryl methyl sites for hydroxylation is 2. The largest absolute Gasteiger partial charge is 0.481 e. The summed E-state index contributed by atoms with van der Waals surface area (Å²) in [6, 6.07) is 15.4. The lowest BCUT2D eigenvalue weighted by atomic mass is 9.88. The standard InChI is InChI=1S/C31H39FN2O3S2/c1-20-28(27-11-10-25(32)15-24(27)9-12-29(36)37)16-30(38-20)39-34(4)19-26(35)18-33-31(2,3)17-21-13-22-7-5-6-8-23(22)14-21/h5-8,10-11,15-16,21,26,33,35H,9,12-14,17-19H2,1-4H3,(H,36,37)/t26-/m1/s1. The third kappa shape index (κ3) is 8.38. The zero-order valence-corrected chi connectivity index (χ0v) is 24.8. The van der Waals surface area contributed by atoms with E-state index in [2.05, 4.69) is 49.5 Å². The highest BCUT2D eigenvalue weighted by molar-refractivity contribution is 7.98. The Morgan fingerprint density at radius 3 is 2.54 bits per heavy atom. The molecule has 0 radical (unpaired) electrons. The minimum Gasteiger partial charge on any atom is -0.481 e. The van der Waals surface area contributed by atoms with E-state index in [4.69, 9.17) is 5.11 Å². The Labute approximate surface area is 239 Å². The van der Waals surface area contributed by atoms with Gasteiger partial charge >= 0.3 is 5.97 Å². The number of nitrogens with one attached hydrogen (secondary N) is 1. The Balaban J connectivity index is 1.29. The topological polar surface area (TPSA) is 72.8 Å². The molecule has 0 spiro atoms. The van der Waals surface area contributed by atoms with Crippen molar-refractivity contribution in [2.75, 3.05) is 20.1 Å². The maximum atomic E-state index is 13.9. The Kier molecular flexibility index (Phi) is 9.88. The number of aliphatic carboxylic acids is 1. The number of aliphatic hydroxyl groups excluding tert-OH is 1.